The molecule has 19 heavy (non-hydrogen) atoms. The molecule has 1 fully saturated rings. The molecule has 1 aromatic rings. The van der Waals surface area contributed by atoms with E-state index in [1.807, 2.05) is 11.8 Å². The maximum Gasteiger partial charge on any atom is 0.296 e. The summed E-state index contributed by atoms with van der Waals surface area (Å²) in [6.45, 7) is 2.25. The van der Waals surface area contributed by atoms with Crippen LogP contribution in [0.2, 0.25) is 0 Å². The minimum atomic E-state index is -0.392. The van der Waals surface area contributed by atoms with Gasteiger partial charge in [-0.3, -0.25) is 10.1 Å². The fraction of sp³-hybridized carbons (Fsp3) is 0.500. The molecule has 2 aliphatic heterocycles. The highest BCUT2D eigenvalue weighted by Crippen LogP contribution is 2.41. The van der Waals surface area contributed by atoms with Crippen LogP contribution in [-0.2, 0) is 0 Å². The van der Waals surface area contributed by atoms with Crippen LogP contribution in [0, 0.1) is 10.1 Å². The van der Waals surface area contributed by atoms with Gasteiger partial charge in [-0.2, -0.15) is 11.8 Å². The lowest BCUT2D eigenvalue weighted by atomic mass is 10.1. The van der Waals surface area contributed by atoms with Crippen LogP contribution in [0.3, 0.4) is 0 Å². The number of nitro benzene ring substituents is 1. The van der Waals surface area contributed by atoms with Gasteiger partial charge >= 0.3 is 0 Å². The van der Waals surface area contributed by atoms with Gasteiger partial charge in [0.2, 0.25) is 6.79 Å². The molecule has 2 unspecified atom stereocenters. The highest BCUT2D eigenvalue weighted by Gasteiger charge is 2.28. The summed E-state index contributed by atoms with van der Waals surface area (Å²) in [5, 5.41) is 14.9. The number of nitro groups is 1. The van der Waals surface area contributed by atoms with Gasteiger partial charge in [-0.25, -0.2) is 0 Å². The van der Waals surface area contributed by atoms with Gasteiger partial charge in [0, 0.05) is 17.4 Å². The summed E-state index contributed by atoms with van der Waals surface area (Å²) >= 11 is 1.88. The Bertz CT molecular complexity index is 523. The van der Waals surface area contributed by atoms with Gasteiger partial charge in [-0.05, 0) is 12.2 Å². The molecule has 1 N–H and O–H groups in total. The third-order valence-electron chi connectivity index (χ3n) is 3.40. The summed E-state index contributed by atoms with van der Waals surface area (Å²) in [5.41, 5.74) is 0.543. The van der Waals surface area contributed by atoms with Gasteiger partial charge in [-0.15, -0.1) is 0 Å². The smallest absolute Gasteiger partial charge is 0.296 e. The molecule has 1 saturated heterocycles. The molecule has 0 bridgehead atoms. The molecule has 2 aliphatic rings. The van der Waals surface area contributed by atoms with E-state index in [9.17, 15) is 10.1 Å². The summed E-state index contributed by atoms with van der Waals surface area (Å²) in [7, 11) is 0. The van der Waals surface area contributed by atoms with Crippen molar-refractivity contribution in [2.45, 2.75) is 24.6 Å². The Morgan fingerprint density at radius 1 is 1.42 bits per heavy atom. The first-order chi connectivity index (χ1) is 9.15. The Balaban J connectivity index is 1.92. The van der Waals surface area contributed by atoms with Crippen molar-refractivity contribution in [2.24, 2.45) is 0 Å². The minimum absolute atomic E-state index is 0.0355. The summed E-state index contributed by atoms with van der Waals surface area (Å²) in [4.78, 5) is 10.7. The molecule has 2 heterocycles. The molecule has 0 saturated carbocycles. The van der Waals surface area contributed by atoms with Crippen molar-refractivity contribution in [3.63, 3.8) is 0 Å². The highest BCUT2D eigenvalue weighted by molar-refractivity contribution is 8.00. The Labute approximate surface area is 114 Å². The molecule has 0 aliphatic carbocycles. The number of anilines is 1. The molecule has 7 heteroatoms. The summed E-state index contributed by atoms with van der Waals surface area (Å²) in [5.74, 6) is 2.08. The van der Waals surface area contributed by atoms with Crippen LogP contribution >= 0.6 is 11.8 Å². The van der Waals surface area contributed by atoms with Crippen LogP contribution in [0.5, 0.6) is 11.5 Å². The van der Waals surface area contributed by atoms with Crippen molar-refractivity contribution in [3.05, 3.63) is 22.2 Å². The predicted molar refractivity (Wildman–Crippen MR) is 73.2 cm³/mol. The molecule has 3 rings (SSSR count). The topological polar surface area (TPSA) is 73.6 Å². The number of hydrogen-bond acceptors (Lipinski definition) is 6. The van der Waals surface area contributed by atoms with Gasteiger partial charge in [0.1, 0.15) is 5.69 Å². The Hall–Kier alpha value is -1.63. The molecule has 0 radical (unpaired) electrons. The van der Waals surface area contributed by atoms with Crippen molar-refractivity contribution < 1.29 is 14.4 Å². The predicted octanol–water partition coefficient (Wildman–Crippen LogP) is 2.63. The number of thioether (sulfide) groups is 1. The summed E-state index contributed by atoms with van der Waals surface area (Å²) in [6, 6.07) is 3.34. The van der Waals surface area contributed by atoms with Crippen molar-refractivity contribution in [1.82, 2.24) is 0 Å². The first-order valence-corrected chi connectivity index (χ1v) is 7.16. The maximum absolute atomic E-state index is 11.1. The van der Waals surface area contributed by atoms with Crippen LogP contribution < -0.4 is 14.8 Å². The van der Waals surface area contributed by atoms with Crippen molar-refractivity contribution >= 4 is 23.1 Å². The van der Waals surface area contributed by atoms with Crippen molar-refractivity contribution in [3.8, 4) is 11.5 Å². The number of rotatable bonds is 3. The molecule has 0 aromatic heterocycles. The Kier molecular flexibility index (Phi) is 3.14. The van der Waals surface area contributed by atoms with E-state index in [4.69, 9.17) is 9.47 Å². The normalized spacial score (nSPS) is 24.5. The van der Waals surface area contributed by atoms with Crippen LogP contribution in [0.4, 0.5) is 11.4 Å². The van der Waals surface area contributed by atoms with Gasteiger partial charge in [0.25, 0.3) is 5.69 Å². The molecule has 1 aromatic carbocycles. The molecule has 2 atom stereocenters. The zero-order chi connectivity index (χ0) is 13.4. The van der Waals surface area contributed by atoms with Gasteiger partial charge in [0.15, 0.2) is 11.5 Å². The minimum Gasteiger partial charge on any atom is -0.454 e. The molecular weight excluding hydrogens is 268 g/mol. The third-order valence-corrected chi connectivity index (χ3v) is 4.73. The number of ether oxygens (including phenoxy) is 2. The van der Waals surface area contributed by atoms with E-state index in [1.165, 1.54) is 6.07 Å². The van der Waals surface area contributed by atoms with E-state index >= 15 is 0 Å². The van der Waals surface area contributed by atoms with Crippen LogP contribution in [-0.4, -0.2) is 28.8 Å². The number of nitrogens with zero attached hydrogens (tertiary/aromatic N) is 1. The first-order valence-electron chi connectivity index (χ1n) is 6.11. The monoisotopic (exact) mass is 282 g/mol. The van der Waals surface area contributed by atoms with E-state index in [0.717, 1.165) is 12.2 Å². The van der Waals surface area contributed by atoms with E-state index < -0.39 is 4.92 Å². The number of benzene rings is 1. The van der Waals surface area contributed by atoms with Crippen molar-refractivity contribution in [1.29, 1.82) is 0 Å². The van der Waals surface area contributed by atoms with E-state index in [0.29, 0.717) is 22.4 Å². The number of nitrogens with one attached hydrogen (secondary N) is 1. The lowest BCUT2D eigenvalue weighted by Gasteiger charge is -2.18. The van der Waals surface area contributed by atoms with Crippen molar-refractivity contribution in [2.75, 3.05) is 17.9 Å². The molecule has 102 valence electrons. The Morgan fingerprint density at radius 3 is 2.79 bits per heavy atom. The average Bonchev–Trinajstić information content (AvgIpc) is 2.97. The van der Waals surface area contributed by atoms with E-state index in [2.05, 4.69) is 12.2 Å². The third kappa shape index (κ3) is 2.30. The second kappa shape index (κ2) is 4.80. The Morgan fingerprint density at radius 2 is 2.16 bits per heavy atom. The van der Waals surface area contributed by atoms with Gasteiger partial charge in [0.05, 0.1) is 11.0 Å². The zero-order valence-corrected chi connectivity index (χ0v) is 11.2. The second-order valence-corrected chi connectivity index (χ2v) is 6.08. The lowest BCUT2D eigenvalue weighted by molar-refractivity contribution is -0.384. The lowest BCUT2D eigenvalue weighted by Crippen LogP contribution is -2.25. The average molecular weight is 282 g/mol. The second-order valence-electron chi connectivity index (χ2n) is 4.60. The largest absolute Gasteiger partial charge is 0.454 e. The highest BCUT2D eigenvalue weighted by atomic mass is 32.2. The van der Waals surface area contributed by atoms with E-state index in [-0.39, 0.29) is 18.5 Å². The molecule has 0 amide bonds. The maximum atomic E-state index is 11.1. The van der Waals surface area contributed by atoms with Gasteiger partial charge in [-0.1, -0.05) is 6.92 Å². The van der Waals surface area contributed by atoms with Crippen LogP contribution in [0.25, 0.3) is 0 Å². The molecule has 0 spiro atoms. The van der Waals surface area contributed by atoms with Crippen LogP contribution in [0.15, 0.2) is 12.1 Å². The van der Waals surface area contributed by atoms with Gasteiger partial charge < -0.3 is 14.8 Å². The van der Waals surface area contributed by atoms with Crippen LogP contribution in [0.1, 0.15) is 13.3 Å². The van der Waals surface area contributed by atoms with E-state index in [1.54, 1.807) is 6.07 Å². The molecule has 6 nitrogen and oxygen atoms in total. The fourth-order valence-electron chi connectivity index (χ4n) is 2.32. The SMILES string of the molecule is CC1SCCC1Nc1cc2c(cc1[N+](=O)[O-])OCO2. The fourth-order valence-corrected chi connectivity index (χ4v) is 3.52. The quantitative estimate of drug-likeness (QED) is 0.678. The number of fused-ring (bicyclic) bond motifs is 1. The standard InChI is InChI=1S/C12H14N2O4S/c1-7-8(2-3-19-7)13-9-4-11-12(18-6-17-11)5-10(9)14(15)16/h4-5,7-8,13H,2-3,6H2,1H3. The zero-order valence-electron chi connectivity index (χ0n) is 10.4. The number of hydrogen-bond donors (Lipinski definition) is 1. The summed E-state index contributed by atoms with van der Waals surface area (Å²) in [6.07, 6.45) is 1.01. The first kappa shape index (κ1) is 12.4. The summed E-state index contributed by atoms with van der Waals surface area (Å²) < 4.78 is 10.5. The molecular formula is C12H14N2O4S.